The van der Waals surface area contributed by atoms with Gasteiger partial charge in [-0.25, -0.2) is 0 Å². The average Bonchev–Trinajstić information content (AvgIpc) is 3.01. The first-order valence-electron chi connectivity index (χ1n) is 9.69. The molecular weight excluding hydrogens is 462 g/mol. The van der Waals surface area contributed by atoms with Crippen molar-refractivity contribution in [2.45, 2.75) is 18.7 Å². The van der Waals surface area contributed by atoms with E-state index in [1.54, 1.807) is 42.5 Å². The van der Waals surface area contributed by atoms with E-state index >= 15 is 0 Å². The molecule has 3 aromatic carbocycles. The maximum absolute atomic E-state index is 13.0. The number of nitrogens with zero attached hydrogens (tertiary/aromatic N) is 1. The molecule has 1 fully saturated rings. The zero-order chi connectivity index (χ0) is 22.9. The van der Waals surface area contributed by atoms with E-state index in [-0.39, 0.29) is 16.6 Å². The number of thiocarbonyl (C=S) groups is 1. The number of benzene rings is 3. The standard InChI is InChI=1S/C24H19NO4S3/c1-16-10-12-20(13-11-16)32(27,28)29-19-8-5-7-18(14-19)15-22-23(26)25(24(30)31-22)21-9-4-3-6-17(21)2/h3-15H,1-2H3. The maximum Gasteiger partial charge on any atom is 0.339 e. The monoisotopic (exact) mass is 481 g/mol. The third-order valence-corrected chi connectivity index (χ3v) is 7.39. The molecule has 0 radical (unpaired) electrons. The van der Waals surface area contributed by atoms with Gasteiger partial charge in [0, 0.05) is 0 Å². The van der Waals surface area contributed by atoms with E-state index in [4.69, 9.17) is 16.4 Å². The van der Waals surface area contributed by atoms with Crippen LogP contribution in [0.3, 0.4) is 0 Å². The molecule has 5 nitrogen and oxygen atoms in total. The summed E-state index contributed by atoms with van der Waals surface area (Å²) in [4.78, 5) is 15.1. The van der Waals surface area contributed by atoms with Gasteiger partial charge in [0.25, 0.3) is 5.91 Å². The van der Waals surface area contributed by atoms with E-state index in [0.717, 1.165) is 16.8 Å². The van der Waals surface area contributed by atoms with E-state index in [1.807, 2.05) is 38.1 Å². The molecule has 0 bridgehead atoms. The lowest BCUT2D eigenvalue weighted by Gasteiger charge is -2.16. The summed E-state index contributed by atoms with van der Waals surface area (Å²) >= 11 is 6.64. The lowest BCUT2D eigenvalue weighted by atomic mass is 10.1. The first kappa shape index (κ1) is 22.3. The number of thioether (sulfide) groups is 1. The summed E-state index contributed by atoms with van der Waals surface area (Å²) in [5.74, 6) is -0.0541. The van der Waals surface area contributed by atoms with E-state index < -0.39 is 10.1 Å². The van der Waals surface area contributed by atoms with Crippen molar-refractivity contribution in [1.29, 1.82) is 0 Å². The Bertz CT molecular complexity index is 1350. The number of carbonyl (C=O) groups is 1. The second-order valence-electron chi connectivity index (χ2n) is 7.23. The SMILES string of the molecule is Cc1ccc(S(=O)(=O)Oc2cccc(C=C3SC(=S)N(c4ccccc4C)C3=O)c2)cc1. The molecule has 0 aliphatic carbocycles. The molecule has 0 saturated carbocycles. The Labute approximate surface area is 196 Å². The zero-order valence-corrected chi connectivity index (χ0v) is 19.8. The van der Waals surface area contributed by atoms with Crippen molar-refractivity contribution in [2.75, 3.05) is 4.90 Å². The highest BCUT2D eigenvalue weighted by molar-refractivity contribution is 8.27. The van der Waals surface area contributed by atoms with Gasteiger partial charge in [-0.05, 0) is 61.4 Å². The molecular formula is C24H19NO4S3. The van der Waals surface area contributed by atoms with Crippen LogP contribution in [0.4, 0.5) is 5.69 Å². The highest BCUT2D eigenvalue weighted by Gasteiger charge is 2.34. The summed E-state index contributed by atoms with van der Waals surface area (Å²) in [6, 6.07) is 20.6. The number of hydrogen-bond acceptors (Lipinski definition) is 6. The fourth-order valence-electron chi connectivity index (χ4n) is 3.18. The number of para-hydroxylation sites is 1. The first-order chi connectivity index (χ1) is 15.2. The van der Waals surface area contributed by atoms with Gasteiger partial charge in [-0.3, -0.25) is 9.69 Å². The van der Waals surface area contributed by atoms with Crippen molar-refractivity contribution in [3.05, 3.63) is 94.4 Å². The largest absolute Gasteiger partial charge is 0.379 e. The number of rotatable bonds is 5. The van der Waals surface area contributed by atoms with Crippen LogP contribution in [0, 0.1) is 13.8 Å². The Morgan fingerprint density at radius 3 is 2.41 bits per heavy atom. The van der Waals surface area contributed by atoms with Crippen molar-refractivity contribution < 1.29 is 17.4 Å². The molecule has 162 valence electrons. The van der Waals surface area contributed by atoms with Crippen molar-refractivity contribution >= 4 is 56.1 Å². The molecule has 0 aromatic heterocycles. The molecule has 1 heterocycles. The van der Waals surface area contributed by atoms with Gasteiger partial charge in [-0.2, -0.15) is 8.42 Å². The molecule has 0 N–H and O–H groups in total. The summed E-state index contributed by atoms with van der Waals surface area (Å²) in [5.41, 5.74) is 3.28. The average molecular weight is 482 g/mol. The fraction of sp³-hybridized carbons (Fsp3) is 0.0833. The quantitative estimate of drug-likeness (QED) is 0.273. The zero-order valence-electron chi connectivity index (χ0n) is 17.3. The van der Waals surface area contributed by atoms with Crippen LogP contribution < -0.4 is 9.08 Å². The van der Waals surface area contributed by atoms with Gasteiger partial charge in [0.2, 0.25) is 0 Å². The first-order valence-corrected chi connectivity index (χ1v) is 12.3. The summed E-state index contributed by atoms with van der Waals surface area (Å²) < 4.78 is 30.9. The summed E-state index contributed by atoms with van der Waals surface area (Å²) in [7, 11) is -3.97. The molecule has 0 spiro atoms. The minimum Gasteiger partial charge on any atom is -0.379 e. The Hall–Kier alpha value is -2.94. The minimum atomic E-state index is -3.97. The molecule has 1 amide bonds. The maximum atomic E-state index is 13.0. The lowest BCUT2D eigenvalue weighted by Crippen LogP contribution is -2.28. The summed E-state index contributed by atoms with van der Waals surface area (Å²) in [6.45, 7) is 3.80. The van der Waals surface area contributed by atoms with Crippen LogP contribution in [0.2, 0.25) is 0 Å². The van der Waals surface area contributed by atoms with Crippen molar-refractivity contribution in [1.82, 2.24) is 0 Å². The van der Waals surface area contributed by atoms with Gasteiger partial charge in [0.1, 0.15) is 10.6 Å². The number of amides is 1. The molecule has 32 heavy (non-hydrogen) atoms. The minimum absolute atomic E-state index is 0.0765. The van der Waals surface area contributed by atoms with E-state index in [9.17, 15) is 13.2 Å². The molecule has 8 heteroatoms. The Kier molecular flexibility index (Phi) is 6.19. The molecule has 1 saturated heterocycles. The van der Waals surface area contributed by atoms with Crippen LogP contribution in [0.15, 0.2) is 82.6 Å². The van der Waals surface area contributed by atoms with Crippen molar-refractivity contribution in [2.24, 2.45) is 0 Å². The summed E-state index contributed by atoms with van der Waals surface area (Å²) in [5, 5.41) is 0. The van der Waals surface area contributed by atoms with Crippen LogP contribution in [0.5, 0.6) is 5.75 Å². The number of hydrogen-bond donors (Lipinski definition) is 0. The van der Waals surface area contributed by atoms with E-state index in [1.165, 1.54) is 28.8 Å². The van der Waals surface area contributed by atoms with Crippen molar-refractivity contribution in [3.63, 3.8) is 0 Å². The van der Waals surface area contributed by atoms with Crippen LogP contribution in [0.25, 0.3) is 6.08 Å². The molecule has 0 unspecified atom stereocenters. The highest BCUT2D eigenvalue weighted by Crippen LogP contribution is 2.37. The normalized spacial score (nSPS) is 15.4. The predicted molar refractivity (Wildman–Crippen MR) is 132 cm³/mol. The Morgan fingerprint density at radius 1 is 0.969 bits per heavy atom. The van der Waals surface area contributed by atoms with Crippen molar-refractivity contribution in [3.8, 4) is 5.75 Å². The van der Waals surface area contributed by atoms with Gasteiger partial charge in [0.05, 0.1) is 10.6 Å². The van der Waals surface area contributed by atoms with Gasteiger partial charge in [-0.15, -0.1) is 0 Å². The van der Waals surface area contributed by atoms with Gasteiger partial charge in [-0.1, -0.05) is 72.0 Å². The Balaban J connectivity index is 1.59. The van der Waals surface area contributed by atoms with Gasteiger partial charge < -0.3 is 4.18 Å². The number of anilines is 1. The Morgan fingerprint density at radius 2 is 1.69 bits per heavy atom. The highest BCUT2D eigenvalue weighted by atomic mass is 32.2. The molecule has 0 atom stereocenters. The number of aryl methyl sites for hydroxylation is 2. The molecule has 4 rings (SSSR count). The smallest absolute Gasteiger partial charge is 0.339 e. The number of carbonyl (C=O) groups excluding carboxylic acids is 1. The fourth-order valence-corrected chi connectivity index (χ4v) is 5.38. The van der Waals surface area contributed by atoms with E-state index in [2.05, 4.69) is 0 Å². The van der Waals surface area contributed by atoms with Crippen LogP contribution in [-0.2, 0) is 14.9 Å². The second kappa shape index (κ2) is 8.90. The van der Waals surface area contributed by atoms with Crippen LogP contribution in [0.1, 0.15) is 16.7 Å². The topological polar surface area (TPSA) is 63.7 Å². The molecule has 3 aromatic rings. The second-order valence-corrected chi connectivity index (χ2v) is 10.4. The van der Waals surface area contributed by atoms with Crippen LogP contribution >= 0.6 is 24.0 Å². The third kappa shape index (κ3) is 4.62. The third-order valence-electron chi connectivity index (χ3n) is 4.82. The van der Waals surface area contributed by atoms with E-state index in [0.29, 0.717) is 14.8 Å². The predicted octanol–water partition coefficient (Wildman–Crippen LogP) is 5.48. The molecule has 1 aliphatic rings. The van der Waals surface area contributed by atoms with Crippen LogP contribution in [-0.4, -0.2) is 18.6 Å². The van der Waals surface area contributed by atoms with Gasteiger partial charge >= 0.3 is 10.1 Å². The van der Waals surface area contributed by atoms with Gasteiger partial charge in [0.15, 0.2) is 4.32 Å². The summed E-state index contributed by atoms with van der Waals surface area (Å²) in [6.07, 6.45) is 1.68. The molecule has 1 aliphatic heterocycles. The lowest BCUT2D eigenvalue weighted by molar-refractivity contribution is -0.113.